The van der Waals surface area contributed by atoms with Gasteiger partial charge < -0.3 is 68.0 Å². The van der Waals surface area contributed by atoms with Crippen LogP contribution >= 0.6 is 31.9 Å². The van der Waals surface area contributed by atoms with E-state index in [1.165, 1.54) is 68.0 Å². The van der Waals surface area contributed by atoms with E-state index >= 15 is 0 Å². The molecule has 0 aliphatic heterocycles. The van der Waals surface area contributed by atoms with Crippen molar-refractivity contribution in [1.82, 2.24) is 19.9 Å². The van der Waals surface area contributed by atoms with Gasteiger partial charge in [-0.1, -0.05) is 0 Å². The number of hydrogen-bond acceptors (Lipinski definition) is 16. The summed E-state index contributed by atoms with van der Waals surface area (Å²) >= 11 is 6.61. The zero-order valence-electron chi connectivity index (χ0n) is 37.3. The fraction of sp³-hybridized carbons (Fsp3) is 0.174. The lowest BCUT2D eigenvalue weighted by Gasteiger charge is -2.06. The van der Waals surface area contributed by atoms with E-state index in [1.807, 2.05) is 12.1 Å². The molecule has 356 valence electrons. The van der Waals surface area contributed by atoms with Crippen molar-refractivity contribution in [3.63, 3.8) is 0 Å². The van der Waals surface area contributed by atoms with Crippen molar-refractivity contribution >= 4 is 112 Å². The number of aldehydes is 2. The lowest BCUT2D eigenvalue weighted by molar-refractivity contribution is 0.0586. The normalized spacial score (nSPS) is 10.4. The molecule has 4 heterocycles. The van der Waals surface area contributed by atoms with E-state index < -0.39 is 17.9 Å². The molecule has 68 heavy (non-hydrogen) atoms. The van der Waals surface area contributed by atoms with Crippen LogP contribution in [0.2, 0.25) is 0 Å². The maximum Gasteiger partial charge on any atom is 0.354 e. The smallest absolute Gasteiger partial charge is 0.354 e. The Kier molecular flexibility index (Phi) is 16.9. The summed E-state index contributed by atoms with van der Waals surface area (Å²) in [4.78, 5) is 78.6. The summed E-state index contributed by atoms with van der Waals surface area (Å²) in [6, 6.07) is 16.6. The first-order valence-electron chi connectivity index (χ1n) is 19.4. The van der Waals surface area contributed by atoms with Gasteiger partial charge in [0.15, 0.2) is 12.6 Å². The highest BCUT2D eigenvalue weighted by molar-refractivity contribution is 9.11. The minimum atomic E-state index is -0.558. The van der Waals surface area contributed by atoms with Crippen molar-refractivity contribution in [1.29, 1.82) is 0 Å². The summed E-state index contributed by atoms with van der Waals surface area (Å²) in [6.07, 6.45) is 1.21. The second kappa shape index (κ2) is 22.5. The number of nitrogens with one attached hydrogen (secondary N) is 4. The largest absolute Gasteiger partial charge is 0.506 e. The van der Waals surface area contributed by atoms with Gasteiger partial charge in [0.05, 0.1) is 83.5 Å². The van der Waals surface area contributed by atoms with E-state index in [1.54, 1.807) is 37.4 Å². The molecule has 0 saturated heterocycles. The Hall–Kier alpha value is -7.98. The molecule has 0 unspecified atom stereocenters. The molecule has 22 heteroatoms. The number of carbonyl (C=O) groups excluding carboxylic acids is 6. The standard InChI is InChI=1S/C12H11NO5.C12H11NO4.C11H10BrNO4.C11H10BrNO3/c1-17-10-4-8-6(11(15)7(10)5-14)3-9(13-8)12(16)18-2;1-16-11-5-9-7(3-8(11)6-14)4-10(13-9)12(15)17-2;1-16-8-4-6-5(10(14)9(8)12)3-7(13-6)11(15)17-2;1-15-10-5-8-6(3-7(10)12)4-9(13-8)11(14)16-2/h3-5,13,15H,1-2H3;3-6,13H,1-2H3;3-4,13-14H,1-2H3;3-5,13H,1-2H3. The van der Waals surface area contributed by atoms with Crippen LogP contribution in [0, 0.1) is 0 Å². The van der Waals surface area contributed by atoms with Crippen LogP contribution in [0.5, 0.6) is 34.5 Å². The van der Waals surface area contributed by atoms with Crippen molar-refractivity contribution < 1.29 is 76.9 Å². The molecule has 4 aromatic heterocycles. The van der Waals surface area contributed by atoms with Crippen LogP contribution in [0.1, 0.15) is 62.7 Å². The van der Waals surface area contributed by atoms with Gasteiger partial charge in [-0.25, -0.2) is 19.2 Å². The quantitative estimate of drug-likeness (QED) is 0.0426. The maximum absolute atomic E-state index is 11.4. The SMILES string of the molecule is COC(=O)c1cc2c(O)c(Br)c(OC)cc2[nH]1.COC(=O)c1cc2c(O)c(C=O)c(OC)cc2[nH]1.COC(=O)c1cc2cc(Br)c(OC)cc2[nH]1.COC(=O)c1cc2cc(C=O)c(OC)cc2[nH]1. The summed E-state index contributed by atoms with van der Waals surface area (Å²) in [5.41, 5.74) is 4.35. The van der Waals surface area contributed by atoms with Crippen LogP contribution in [-0.4, -0.2) is 123 Å². The number of methoxy groups -OCH3 is 8. The average molecular weight is 1070 g/mol. The zero-order chi connectivity index (χ0) is 50.0. The Morgan fingerprint density at radius 3 is 1.26 bits per heavy atom. The van der Waals surface area contributed by atoms with Gasteiger partial charge in [-0.2, -0.15) is 0 Å². The number of rotatable bonds is 10. The molecule has 0 aliphatic rings. The van der Waals surface area contributed by atoms with Crippen molar-refractivity contribution in [3.05, 3.63) is 104 Å². The third-order valence-corrected chi connectivity index (χ3v) is 11.3. The second-order valence-electron chi connectivity index (χ2n) is 13.7. The van der Waals surface area contributed by atoms with Gasteiger partial charge in [-0.05, 0) is 68.3 Å². The van der Waals surface area contributed by atoms with Gasteiger partial charge >= 0.3 is 23.9 Å². The molecular formula is C46H42Br2N4O16. The van der Waals surface area contributed by atoms with Crippen molar-refractivity contribution in [2.24, 2.45) is 0 Å². The molecule has 0 bridgehead atoms. The number of ether oxygens (including phenoxy) is 8. The second-order valence-corrected chi connectivity index (χ2v) is 15.3. The van der Waals surface area contributed by atoms with E-state index in [0.29, 0.717) is 78.6 Å². The highest BCUT2D eigenvalue weighted by Gasteiger charge is 2.19. The number of phenolic OH excluding ortho intramolecular Hbond substituents is 2. The fourth-order valence-corrected chi connectivity index (χ4v) is 7.52. The number of esters is 4. The molecule has 20 nitrogen and oxygen atoms in total. The first-order valence-corrected chi connectivity index (χ1v) is 20.9. The molecule has 0 saturated carbocycles. The van der Waals surface area contributed by atoms with Gasteiger partial charge in [-0.15, -0.1) is 0 Å². The number of carbonyl (C=O) groups is 6. The molecule has 4 aromatic carbocycles. The molecule has 0 amide bonds. The number of aromatic amines is 4. The minimum Gasteiger partial charge on any atom is -0.506 e. The Balaban J connectivity index is 0.000000170. The van der Waals surface area contributed by atoms with E-state index in [9.17, 15) is 39.0 Å². The maximum atomic E-state index is 11.4. The zero-order valence-corrected chi connectivity index (χ0v) is 40.5. The summed E-state index contributed by atoms with van der Waals surface area (Å²) in [5, 5.41) is 22.5. The summed E-state index contributed by atoms with van der Waals surface area (Å²) in [5.74, 6) is -0.207. The third-order valence-electron chi connectivity index (χ3n) is 9.87. The number of aromatic nitrogens is 4. The highest BCUT2D eigenvalue weighted by atomic mass is 79.9. The van der Waals surface area contributed by atoms with Crippen LogP contribution in [0.3, 0.4) is 0 Å². The molecule has 0 spiro atoms. The predicted molar refractivity (Wildman–Crippen MR) is 254 cm³/mol. The third kappa shape index (κ3) is 10.8. The molecule has 8 aromatic rings. The van der Waals surface area contributed by atoms with Gasteiger partial charge in [0.1, 0.15) is 61.7 Å². The lowest BCUT2D eigenvalue weighted by atomic mass is 10.1. The number of H-pyrrole nitrogens is 4. The number of fused-ring (bicyclic) bond motifs is 4. The average Bonchev–Trinajstić information content (AvgIpc) is 4.18. The summed E-state index contributed by atoms with van der Waals surface area (Å²) < 4.78 is 40.0. The van der Waals surface area contributed by atoms with Gasteiger partial charge in [0, 0.05) is 56.8 Å². The van der Waals surface area contributed by atoms with Crippen LogP contribution in [0.15, 0.2) is 69.6 Å². The van der Waals surface area contributed by atoms with Crippen molar-refractivity contribution in [3.8, 4) is 34.5 Å². The topological polar surface area (TPSA) is 280 Å². The fourth-order valence-electron chi connectivity index (χ4n) is 6.51. The Bertz CT molecular complexity index is 3200. The Morgan fingerprint density at radius 1 is 0.456 bits per heavy atom. The molecule has 0 radical (unpaired) electrons. The predicted octanol–water partition coefficient (Wildman–Crippen LogP) is 8.41. The molecule has 6 N–H and O–H groups in total. The van der Waals surface area contributed by atoms with E-state index in [2.05, 4.69) is 70.7 Å². The van der Waals surface area contributed by atoms with Crippen molar-refractivity contribution in [2.75, 3.05) is 56.9 Å². The molecule has 0 fully saturated rings. The Labute approximate surface area is 401 Å². The van der Waals surface area contributed by atoms with Gasteiger partial charge in [-0.3, -0.25) is 9.59 Å². The van der Waals surface area contributed by atoms with E-state index in [0.717, 1.165) is 20.8 Å². The van der Waals surface area contributed by atoms with Crippen molar-refractivity contribution in [2.45, 2.75) is 0 Å². The first-order chi connectivity index (χ1) is 32.5. The lowest BCUT2D eigenvalue weighted by Crippen LogP contribution is -2.00. The number of phenols is 2. The monoisotopic (exact) mass is 1060 g/mol. The van der Waals surface area contributed by atoms with Gasteiger partial charge in [0.2, 0.25) is 0 Å². The first kappa shape index (κ1) is 51.0. The molecular weight excluding hydrogens is 1020 g/mol. The highest BCUT2D eigenvalue weighted by Crippen LogP contribution is 2.40. The molecule has 0 atom stereocenters. The van der Waals surface area contributed by atoms with Crippen LogP contribution in [0.25, 0.3) is 43.6 Å². The van der Waals surface area contributed by atoms with E-state index in [4.69, 9.17) is 18.9 Å². The summed E-state index contributed by atoms with van der Waals surface area (Å²) in [6.45, 7) is 0. The molecule has 0 aliphatic carbocycles. The van der Waals surface area contributed by atoms with Crippen LogP contribution in [-0.2, 0) is 18.9 Å². The van der Waals surface area contributed by atoms with E-state index in [-0.39, 0.29) is 40.2 Å². The minimum absolute atomic E-state index is 0.0192. The van der Waals surface area contributed by atoms with Crippen LogP contribution in [0.4, 0.5) is 0 Å². The summed E-state index contributed by atoms with van der Waals surface area (Å²) in [7, 11) is 11.2. The number of benzene rings is 4. The number of hydrogen-bond donors (Lipinski definition) is 6. The Morgan fingerprint density at radius 2 is 0.838 bits per heavy atom. The molecule has 8 rings (SSSR count). The van der Waals surface area contributed by atoms with Gasteiger partial charge in [0.25, 0.3) is 0 Å². The number of aromatic hydroxyl groups is 2. The van der Waals surface area contributed by atoms with Crippen LogP contribution < -0.4 is 18.9 Å². The number of halogens is 2.